The fraction of sp³-hybridized carbons (Fsp3) is 1.00. The fourth-order valence-corrected chi connectivity index (χ4v) is 1.13. The van der Waals surface area contributed by atoms with Crippen LogP contribution in [0.3, 0.4) is 0 Å². The molecular formula is C14H32O2. The minimum absolute atomic E-state index is 0.134. The van der Waals surface area contributed by atoms with Crippen LogP contribution in [0.25, 0.3) is 0 Å². The Morgan fingerprint density at radius 3 is 1.50 bits per heavy atom. The summed E-state index contributed by atoms with van der Waals surface area (Å²) in [6, 6.07) is 0. The van der Waals surface area contributed by atoms with Crippen molar-refractivity contribution in [2.24, 2.45) is 11.8 Å². The number of aliphatic hydroxyl groups is 2. The van der Waals surface area contributed by atoms with E-state index >= 15 is 0 Å². The Morgan fingerprint density at radius 2 is 1.44 bits per heavy atom. The monoisotopic (exact) mass is 232 g/mol. The third-order valence-electron chi connectivity index (χ3n) is 3.86. The minimum Gasteiger partial charge on any atom is -0.393 e. The third kappa shape index (κ3) is 8.12. The first-order chi connectivity index (χ1) is 7.22. The Morgan fingerprint density at radius 1 is 1.00 bits per heavy atom. The summed E-state index contributed by atoms with van der Waals surface area (Å²) in [6.45, 7) is 14.1. The average Bonchev–Trinajstić information content (AvgIpc) is 2.27. The first-order valence-electron chi connectivity index (χ1n) is 6.63. The summed E-state index contributed by atoms with van der Waals surface area (Å²) >= 11 is 0. The largest absolute Gasteiger partial charge is 0.393 e. The molecule has 0 radical (unpaired) electrons. The van der Waals surface area contributed by atoms with Gasteiger partial charge < -0.3 is 10.2 Å². The molecule has 0 amide bonds. The molecule has 2 heteroatoms. The molecule has 4 atom stereocenters. The van der Waals surface area contributed by atoms with Gasteiger partial charge in [-0.25, -0.2) is 0 Å². The molecular weight excluding hydrogens is 200 g/mol. The molecule has 0 aromatic rings. The van der Waals surface area contributed by atoms with Crippen LogP contribution in [0, 0.1) is 11.8 Å². The number of hydrogen-bond donors (Lipinski definition) is 2. The van der Waals surface area contributed by atoms with Gasteiger partial charge in [-0.05, 0) is 32.1 Å². The Hall–Kier alpha value is -0.0800. The standard InChI is InChI=1S/C8H18O.C6H14O/c1-5-7(3)8(4,9)6-2;1-4-5(2)6(3)7/h7,9H,5-6H2,1-4H3;5-7H,4H2,1-3H3. The Bertz CT molecular complexity index is 153. The van der Waals surface area contributed by atoms with Gasteiger partial charge in [0.05, 0.1) is 11.7 Å². The van der Waals surface area contributed by atoms with Crippen LogP contribution < -0.4 is 0 Å². The molecule has 0 aliphatic heterocycles. The quantitative estimate of drug-likeness (QED) is 0.760. The number of hydrogen-bond acceptors (Lipinski definition) is 2. The maximum Gasteiger partial charge on any atom is 0.0642 e. The smallest absolute Gasteiger partial charge is 0.0642 e. The summed E-state index contributed by atoms with van der Waals surface area (Å²) in [5.41, 5.74) is -0.450. The van der Waals surface area contributed by atoms with Crippen LogP contribution in [0.5, 0.6) is 0 Å². The highest BCUT2D eigenvalue weighted by Crippen LogP contribution is 2.22. The lowest BCUT2D eigenvalue weighted by Crippen LogP contribution is -2.31. The molecule has 0 fully saturated rings. The maximum absolute atomic E-state index is 9.59. The summed E-state index contributed by atoms with van der Waals surface area (Å²) in [5.74, 6) is 0.877. The SMILES string of the molecule is CCC(C)C(C)(O)CC.CCC(C)C(C)O. The highest BCUT2D eigenvalue weighted by Gasteiger charge is 2.23. The van der Waals surface area contributed by atoms with E-state index in [1.807, 2.05) is 27.7 Å². The second-order valence-corrected chi connectivity index (χ2v) is 5.15. The molecule has 0 aliphatic rings. The van der Waals surface area contributed by atoms with Crippen LogP contribution in [-0.4, -0.2) is 21.9 Å². The molecule has 0 rings (SSSR count). The minimum atomic E-state index is -0.450. The van der Waals surface area contributed by atoms with E-state index in [9.17, 15) is 5.11 Å². The van der Waals surface area contributed by atoms with Gasteiger partial charge in [-0.2, -0.15) is 0 Å². The highest BCUT2D eigenvalue weighted by atomic mass is 16.3. The molecule has 0 saturated carbocycles. The zero-order chi connectivity index (χ0) is 13.4. The zero-order valence-electron chi connectivity index (χ0n) is 12.2. The summed E-state index contributed by atoms with van der Waals surface area (Å²) in [5, 5.41) is 18.4. The Labute approximate surface area is 102 Å². The molecule has 0 aromatic carbocycles. The predicted molar refractivity (Wildman–Crippen MR) is 71.5 cm³/mol. The maximum atomic E-state index is 9.59. The van der Waals surface area contributed by atoms with Crippen molar-refractivity contribution in [3.05, 3.63) is 0 Å². The average molecular weight is 232 g/mol. The summed E-state index contributed by atoms with van der Waals surface area (Å²) < 4.78 is 0. The lowest BCUT2D eigenvalue weighted by Gasteiger charge is -2.27. The lowest BCUT2D eigenvalue weighted by atomic mass is 9.87. The molecule has 0 aromatic heterocycles. The molecule has 2 nitrogen and oxygen atoms in total. The van der Waals surface area contributed by atoms with Gasteiger partial charge in [0.1, 0.15) is 0 Å². The molecule has 2 N–H and O–H groups in total. The molecule has 0 bridgehead atoms. The van der Waals surface area contributed by atoms with Crippen molar-refractivity contribution >= 4 is 0 Å². The molecule has 0 spiro atoms. The number of aliphatic hydroxyl groups excluding tert-OH is 1. The van der Waals surface area contributed by atoms with E-state index in [4.69, 9.17) is 5.11 Å². The van der Waals surface area contributed by atoms with Crippen molar-refractivity contribution in [3.63, 3.8) is 0 Å². The molecule has 0 saturated heterocycles. The van der Waals surface area contributed by atoms with E-state index in [2.05, 4.69) is 20.8 Å². The molecule has 100 valence electrons. The summed E-state index contributed by atoms with van der Waals surface area (Å²) in [6.07, 6.45) is 2.84. The van der Waals surface area contributed by atoms with E-state index < -0.39 is 5.60 Å². The van der Waals surface area contributed by atoms with E-state index in [1.165, 1.54) is 0 Å². The first kappa shape index (κ1) is 18.3. The van der Waals surface area contributed by atoms with Crippen LogP contribution in [0.4, 0.5) is 0 Å². The molecule has 0 heterocycles. The van der Waals surface area contributed by atoms with Crippen molar-refractivity contribution in [2.75, 3.05) is 0 Å². The van der Waals surface area contributed by atoms with Crippen LogP contribution in [-0.2, 0) is 0 Å². The second kappa shape index (κ2) is 9.00. The summed E-state index contributed by atoms with van der Waals surface area (Å²) in [4.78, 5) is 0. The van der Waals surface area contributed by atoms with E-state index in [-0.39, 0.29) is 6.10 Å². The van der Waals surface area contributed by atoms with E-state index in [0.717, 1.165) is 19.3 Å². The van der Waals surface area contributed by atoms with Gasteiger partial charge in [0, 0.05) is 0 Å². The fourth-order valence-electron chi connectivity index (χ4n) is 1.13. The van der Waals surface area contributed by atoms with Gasteiger partial charge in [0.15, 0.2) is 0 Å². The topological polar surface area (TPSA) is 40.5 Å². The van der Waals surface area contributed by atoms with Crippen LogP contribution in [0.1, 0.15) is 67.7 Å². The van der Waals surface area contributed by atoms with E-state index in [1.54, 1.807) is 0 Å². The highest BCUT2D eigenvalue weighted by molar-refractivity contribution is 4.75. The molecule has 0 aliphatic carbocycles. The van der Waals surface area contributed by atoms with Crippen LogP contribution >= 0.6 is 0 Å². The van der Waals surface area contributed by atoms with Gasteiger partial charge in [-0.3, -0.25) is 0 Å². The predicted octanol–water partition coefficient (Wildman–Crippen LogP) is 3.61. The number of rotatable bonds is 5. The van der Waals surface area contributed by atoms with Gasteiger partial charge in [0.2, 0.25) is 0 Å². The summed E-state index contributed by atoms with van der Waals surface area (Å²) in [7, 11) is 0. The van der Waals surface area contributed by atoms with Crippen LogP contribution in [0.2, 0.25) is 0 Å². The van der Waals surface area contributed by atoms with Gasteiger partial charge >= 0.3 is 0 Å². The molecule has 16 heavy (non-hydrogen) atoms. The lowest BCUT2D eigenvalue weighted by molar-refractivity contribution is 0.00130. The van der Waals surface area contributed by atoms with Gasteiger partial charge in [-0.15, -0.1) is 0 Å². The first-order valence-corrected chi connectivity index (χ1v) is 6.63. The second-order valence-electron chi connectivity index (χ2n) is 5.15. The van der Waals surface area contributed by atoms with Crippen molar-refractivity contribution in [1.29, 1.82) is 0 Å². The Balaban J connectivity index is 0. The van der Waals surface area contributed by atoms with Crippen molar-refractivity contribution in [1.82, 2.24) is 0 Å². The normalized spacial score (nSPS) is 20.1. The van der Waals surface area contributed by atoms with Crippen LogP contribution in [0.15, 0.2) is 0 Å². The zero-order valence-corrected chi connectivity index (χ0v) is 12.2. The van der Waals surface area contributed by atoms with Gasteiger partial charge in [0.25, 0.3) is 0 Å². The Kier molecular flexibility index (Phi) is 10.3. The van der Waals surface area contributed by atoms with Crippen molar-refractivity contribution in [3.8, 4) is 0 Å². The van der Waals surface area contributed by atoms with Crippen molar-refractivity contribution < 1.29 is 10.2 Å². The van der Waals surface area contributed by atoms with Crippen molar-refractivity contribution in [2.45, 2.75) is 79.4 Å². The van der Waals surface area contributed by atoms with Gasteiger partial charge in [-0.1, -0.05) is 47.5 Å². The molecule has 4 unspecified atom stereocenters. The van der Waals surface area contributed by atoms with E-state index in [0.29, 0.717) is 11.8 Å². The third-order valence-corrected chi connectivity index (χ3v) is 3.86.